The maximum absolute atomic E-state index is 5.96. The number of nitrogens with zero attached hydrogens (tertiary/aromatic N) is 1. The maximum atomic E-state index is 5.96. The molecule has 0 aliphatic heterocycles. The number of hydrogen-bond donors (Lipinski definition) is 0. The smallest absolute Gasteiger partial charge is 0.0803 e. The van der Waals surface area contributed by atoms with Crippen LogP contribution in [0.25, 0.3) is 11.3 Å². The summed E-state index contributed by atoms with van der Waals surface area (Å²) in [6.45, 7) is 7.23. The standard InChI is InChI=1S/C18H23NO/c1-4-5-12-20-15(3)17-13-14(2)9-10-16(17)18-8-6-7-11-19-18/h6-11,13,15H,4-5,12H2,1-3H3. The van der Waals surface area contributed by atoms with Crippen LogP contribution in [0.15, 0.2) is 42.6 Å². The Bertz CT molecular complexity index is 536. The van der Waals surface area contributed by atoms with Crippen LogP contribution in [0.2, 0.25) is 0 Å². The van der Waals surface area contributed by atoms with E-state index in [4.69, 9.17) is 4.74 Å². The van der Waals surface area contributed by atoms with E-state index >= 15 is 0 Å². The van der Waals surface area contributed by atoms with Crippen LogP contribution in [-0.2, 0) is 4.74 Å². The fraction of sp³-hybridized carbons (Fsp3) is 0.389. The molecule has 0 amide bonds. The van der Waals surface area contributed by atoms with Crippen molar-refractivity contribution in [3.8, 4) is 11.3 Å². The van der Waals surface area contributed by atoms with Crippen molar-refractivity contribution in [3.63, 3.8) is 0 Å². The van der Waals surface area contributed by atoms with Gasteiger partial charge >= 0.3 is 0 Å². The molecule has 2 aromatic rings. The third-order valence-electron chi connectivity index (χ3n) is 3.45. The molecule has 2 rings (SSSR count). The fourth-order valence-electron chi connectivity index (χ4n) is 2.27. The van der Waals surface area contributed by atoms with Gasteiger partial charge in [0.25, 0.3) is 0 Å². The van der Waals surface area contributed by atoms with E-state index in [1.807, 2.05) is 24.4 Å². The molecule has 1 unspecified atom stereocenters. The summed E-state index contributed by atoms with van der Waals surface area (Å²) in [7, 11) is 0. The van der Waals surface area contributed by atoms with Crippen molar-refractivity contribution >= 4 is 0 Å². The number of ether oxygens (including phenoxy) is 1. The summed E-state index contributed by atoms with van der Waals surface area (Å²) >= 11 is 0. The Kier molecular flexibility index (Phi) is 5.31. The fourth-order valence-corrected chi connectivity index (χ4v) is 2.27. The van der Waals surface area contributed by atoms with Gasteiger partial charge in [0.2, 0.25) is 0 Å². The molecule has 1 heterocycles. The molecule has 1 aromatic heterocycles. The van der Waals surface area contributed by atoms with Crippen LogP contribution in [0, 0.1) is 6.92 Å². The minimum Gasteiger partial charge on any atom is -0.374 e. The molecule has 0 saturated heterocycles. The topological polar surface area (TPSA) is 22.1 Å². The number of pyridine rings is 1. The Balaban J connectivity index is 2.29. The average molecular weight is 269 g/mol. The first-order valence-corrected chi connectivity index (χ1v) is 7.36. The minimum absolute atomic E-state index is 0.0958. The highest BCUT2D eigenvalue weighted by Gasteiger charge is 2.13. The lowest BCUT2D eigenvalue weighted by Gasteiger charge is -2.18. The third-order valence-corrected chi connectivity index (χ3v) is 3.45. The largest absolute Gasteiger partial charge is 0.374 e. The summed E-state index contributed by atoms with van der Waals surface area (Å²) in [6, 6.07) is 12.5. The van der Waals surface area contributed by atoms with Gasteiger partial charge in [0.15, 0.2) is 0 Å². The van der Waals surface area contributed by atoms with Gasteiger partial charge in [-0.25, -0.2) is 0 Å². The van der Waals surface area contributed by atoms with Crippen LogP contribution < -0.4 is 0 Å². The Morgan fingerprint density at radius 3 is 2.75 bits per heavy atom. The molecule has 2 heteroatoms. The van der Waals surface area contributed by atoms with E-state index in [1.165, 1.54) is 16.7 Å². The Hall–Kier alpha value is -1.67. The lowest BCUT2D eigenvalue weighted by atomic mass is 9.98. The molecule has 0 aliphatic rings. The van der Waals surface area contributed by atoms with Crippen molar-refractivity contribution in [1.29, 1.82) is 0 Å². The Morgan fingerprint density at radius 2 is 2.05 bits per heavy atom. The second-order valence-corrected chi connectivity index (χ2v) is 5.17. The molecule has 106 valence electrons. The number of aromatic nitrogens is 1. The van der Waals surface area contributed by atoms with Crippen LogP contribution in [-0.4, -0.2) is 11.6 Å². The van der Waals surface area contributed by atoms with Crippen LogP contribution in [0.1, 0.15) is 43.9 Å². The highest BCUT2D eigenvalue weighted by atomic mass is 16.5. The zero-order valence-electron chi connectivity index (χ0n) is 12.6. The van der Waals surface area contributed by atoms with E-state index in [9.17, 15) is 0 Å². The first-order valence-electron chi connectivity index (χ1n) is 7.36. The van der Waals surface area contributed by atoms with Gasteiger partial charge in [0.1, 0.15) is 0 Å². The summed E-state index contributed by atoms with van der Waals surface area (Å²) < 4.78 is 5.96. The van der Waals surface area contributed by atoms with E-state index in [2.05, 4.69) is 44.0 Å². The predicted molar refractivity (Wildman–Crippen MR) is 83.7 cm³/mol. The van der Waals surface area contributed by atoms with Gasteiger partial charge < -0.3 is 4.74 Å². The van der Waals surface area contributed by atoms with Crippen molar-refractivity contribution in [3.05, 3.63) is 53.7 Å². The lowest BCUT2D eigenvalue weighted by Crippen LogP contribution is -2.04. The van der Waals surface area contributed by atoms with Crippen molar-refractivity contribution < 1.29 is 4.74 Å². The molecule has 0 fully saturated rings. The molecular weight excluding hydrogens is 246 g/mol. The second kappa shape index (κ2) is 7.20. The summed E-state index contributed by atoms with van der Waals surface area (Å²) in [4.78, 5) is 4.46. The molecular formula is C18H23NO. The van der Waals surface area contributed by atoms with Gasteiger partial charge in [0, 0.05) is 18.4 Å². The first-order chi connectivity index (χ1) is 9.72. The monoisotopic (exact) mass is 269 g/mol. The average Bonchev–Trinajstić information content (AvgIpc) is 2.48. The van der Waals surface area contributed by atoms with Crippen molar-refractivity contribution in [2.45, 2.75) is 39.7 Å². The highest BCUT2D eigenvalue weighted by molar-refractivity contribution is 5.64. The number of unbranched alkanes of at least 4 members (excludes halogenated alkanes) is 1. The zero-order chi connectivity index (χ0) is 14.4. The quantitative estimate of drug-likeness (QED) is 0.693. The van der Waals surface area contributed by atoms with E-state index in [0.717, 1.165) is 25.1 Å². The summed E-state index contributed by atoms with van der Waals surface area (Å²) in [5.41, 5.74) is 4.65. The lowest BCUT2D eigenvalue weighted by molar-refractivity contribution is 0.0640. The number of hydrogen-bond acceptors (Lipinski definition) is 2. The molecule has 2 nitrogen and oxygen atoms in total. The van der Waals surface area contributed by atoms with Crippen molar-refractivity contribution in [2.24, 2.45) is 0 Å². The second-order valence-electron chi connectivity index (χ2n) is 5.17. The van der Waals surface area contributed by atoms with Gasteiger partial charge in [-0.2, -0.15) is 0 Å². The van der Waals surface area contributed by atoms with Crippen LogP contribution in [0.3, 0.4) is 0 Å². The molecule has 0 aliphatic carbocycles. The van der Waals surface area contributed by atoms with Gasteiger partial charge in [-0.1, -0.05) is 43.2 Å². The zero-order valence-corrected chi connectivity index (χ0v) is 12.6. The third kappa shape index (κ3) is 3.67. The highest BCUT2D eigenvalue weighted by Crippen LogP contribution is 2.29. The minimum atomic E-state index is 0.0958. The van der Waals surface area contributed by atoms with Crippen LogP contribution >= 0.6 is 0 Å². The normalized spacial score (nSPS) is 12.3. The van der Waals surface area contributed by atoms with Gasteiger partial charge in [-0.15, -0.1) is 0 Å². The van der Waals surface area contributed by atoms with E-state index < -0.39 is 0 Å². The maximum Gasteiger partial charge on any atom is 0.0803 e. The SMILES string of the molecule is CCCCOC(C)c1cc(C)ccc1-c1ccccn1. The van der Waals surface area contributed by atoms with Gasteiger partial charge in [-0.05, 0) is 38.0 Å². The molecule has 0 spiro atoms. The summed E-state index contributed by atoms with van der Waals surface area (Å²) in [6.07, 6.45) is 4.20. The molecule has 0 radical (unpaired) electrons. The number of aryl methyl sites for hydroxylation is 1. The van der Waals surface area contributed by atoms with Crippen molar-refractivity contribution in [1.82, 2.24) is 4.98 Å². The summed E-state index contributed by atoms with van der Waals surface area (Å²) in [5, 5.41) is 0. The van der Waals surface area contributed by atoms with Crippen LogP contribution in [0.5, 0.6) is 0 Å². The molecule has 0 bridgehead atoms. The molecule has 20 heavy (non-hydrogen) atoms. The number of rotatable bonds is 6. The van der Waals surface area contributed by atoms with Gasteiger partial charge in [0.05, 0.1) is 11.8 Å². The van der Waals surface area contributed by atoms with E-state index in [0.29, 0.717) is 0 Å². The predicted octanol–water partition coefficient (Wildman–Crippen LogP) is 4.93. The number of benzene rings is 1. The molecule has 0 N–H and O–H groups in total. The van der Waals surface area contributed by atoms with Crippen molar-refractivity contribution in [2.75, 3.05) is 6.61 Å². The van der Waals surface area contributed by atoms with Gasteiger partial charge in [-0.3, -0.25) is 4.98 Å². The first kappa shape index (κ1) is 14.7. The summed E-state index contributed by atoms with van der Waals surface area (Å²) in [5.74, 6) is 0. The Labute approximate surface area is 121 Å². The van der Waals surface area contributed by atoms with E-state index in [-0.39, 0.29) is 6.10 Å². The Morgan fingerprint density at radius 1 is 1.20 bits per heavy atom. The molecule has 0 saturated carbocycles. The van der Waals surface area contributed by atoms with Crippen LogP contribution in [0.4, 0.5) is 0 Å². The van der Waals surface area contributed by atoms with E-state index in [1.54, 1.807) is 0 Å². The molecule has 1 atom stereocenters. The molecule has 1 aromatic carbocycles.